The maximum atomic E-state index is 13.2. The molecule has 158 valence electrons. The van der Waals surface area contributed by atoms with Crippen molar-refractivity contribution >= 4 is 23.1 Å². The summed E-state index contributed by atoms with van der Waals surface area (Å²) in [6, 6.07) is 8.33. The number of amides is 1. The molecule has 3 aromatic rings. The van der Waals surface area contributed by atoms with Gasteiger partial charge in [0, 0.05) is 43.8 Å². The summed E-state index contributed by atoms with van der Waals surface area (Å²) in [6.45, 7) is 6.03. The minimum absolute atomic E-state index is 0.0289. The highest BCUT2D eigenvalue weighted by Gasteiger charge is 2.31. The van der Waals surface area contributed by atoms with E-state index in [2.05, 4.69) is 9.55 Å². The van der Waals surface area contributed by atoms with Crippen molar-refractivity contribution in [3.05, 3.63) is 64.4 Å². The summed E-state index contributed by atoms with van der Waals surface area (Å²) in [6.07, 6.45) is -3.54. The van der Waals surface area contributed by atoms with E-state index in [0.717, 1.165) is 28.7 Å². The van der Waals surface area contributed by atoms with Gasteiger partial charge in [-0.1, -0.05) is 0 Å². The van der Waals surface area contributed by atoms with Crippen LogP contribution in [0.3, 0.4) is 0 Å². The zero-order valence-corrected chi connectivity index (χ0v) is 17.4. The lowest BCUT2D eigenvalue weighted by Crippen LogP contribution is -2.49. The van der Waals surface area contributed by atoms with E-state index in [1.165, 1.54) is 17.4 Å². The number of nitrogens with zero attached hydrogens (tertiary/aromatic N) is 4. The largest absolute Gasteiger partial charge is 0.417 e. The van der Waals surface area contributed by atoms with Gasteiger partial charge in [-0.3, -0.25) is 4.79 Å². The molecule has 0 unspecified atom stereocenters. The number of aryl methyl sites for hydroxylation is 2. The molecule has 0 atom stereocenters. The fraction of sp³-hybridized carbons (Fsp3) is 0.333. The van der Waals surface area contributed by atoms with Crippen LogP contribution in [0.2, 0.25) is 0 Å². The second-order valence-corrected chi connectivity index (χ2v) is 8.17. The molecule has 1 amide bonds. The number of piperazine rings is 1. The number of carbonyl (C=O) groups excluding carboxylic acids is 1. The first kappa shape index (κ1) is 20.5. The van der Waals surface area contributed by atoms with Gasteiger partial charge >= 0.3 is 6.18 Å². The Morgan fingerprint density at radius 2 is 1.67 bits per heavy atom. The Hall–Kier alpha value is -2.81. The standard InChI is InChI=1S/C21H21F3N4OS/c1-14-3-4-15(2)28(14)20-17(7-12-30-20)19(29)27-10-8-26(9-11-27)18-6-5-16(13-25-18)21(22,23)24/h3-7,12-13H,8-11H2,1-2H3. The van der Waals surface area contributed by atoms with E-state index in [1.54, 1.807) is 4.90 Å². The van der Waals surface area contributed by atoms with Crippen LogP contribution in [0.5, 0.6) is 0 Å². The minimum atomic E-state index is -4.40. The number of anilines is 1. The lowest BCUT2D eigenvalue weighted by Gasteiger charge is -2.35. The van der Waals surface area contributed by atoms with Gasteiger partial charge in [-0.25, -0.2) is 4.98 Å². The van der Waals surface area contributed by atoms with Crippen LogP contribution >= 0.6 is 11.3 Å². The normalized spacial score (nSPS) is 15.0. The van der Waals surface area contributed by atoms with Gasteiger partial charge in [-0.05, 0) is 49.6 Å². The van der Waals surface area contributed by atoms with Crippen LogP contribution in [0, 0.1) is 13.8 Å². The molecule has 0 aliphatic carbocycles. The molecule has 4 heterocycles. The average Bonchev–Trinajstić information content (AvgIpc) is 3.33. The van der Waals surface area contributed by atoms with E-state index in [1.807, 2.05) is 42.3 Å². The number of aromatic nitrogens is 2. The van der Waals surface area contributed by atoms with E-state index >= 15 is 0 Å². The third kappa shape index (κ3) is 3.81. The van der Waals surface area contributed by atoms with E-state index in [-0.39, 0.29) is 5.91 Å². The molecule has 0 N–H and O–H groups in total. The molecule has 4 rings (SSSR count). The minimum Gasteiger partial charge on any atom is -0.353 e. The van der Waals surface area contributed by atoms with Crippen LogP contribution in [0.15, 0.2) is 41.9 Å². The lowest BCUT2D eigenvalue weighted by atomic mass is 10.2. The summed E-state index contributed by atoms with van der Waals surface area (Å²) in [5, 5.41) is 2.83. The summed E-state index contributed by atoms with van der Waals surface area (Å²) in [5.41, 5.74) is 2.05. The predicted molar refractivity (Wildman–Crippen MR) is 110 cm³/mol. The first-order valence-electron chi connectivity index (χ1n) is 9.56. The molecule has 0 aromatic carbocycles. The first-order valence-corrected chi connectivity index (χ1v) is 10.4. The topological polar surface area (TPSA) is 41.4 Å². The van der Waals surface area contributed by atoms with Gasteiger partial charge in [0.2, 0.25) is 0 Å². The van der Waals surface area contributed by atoms with Gasteiger partial charge in [-0.15, -0.1) is 11.3 Å². The Kier molecular flexibility index (Phi) is 5.31. The zero-order chi connectivity index (χ0) is 21.5. The second-order valence-electron chi connectivity index (χ2n) is 7.27. The van der Waals surface area contributed by atoms with Crippen molar-refractivity contribution in [3.63, 3.8) is 0 Å². The van der Waals surface area contributed by atoms with Crippen molar-refractivity contribution in [1.29, 1.82) is 0 Å². The fourth-order valence-electron chi connectivity index (χ4n) is 3.68. The molecule has 0 bridgehead atoms. The highest BCUT2D eigenvalue weighted by atomic mass is 32.1. The number of pyridine rings is 1. The number of hydrogen-bond donors (Lipinski definition) is 0. The SMILES string of the molecule is Cc1ccc(C)n1-c1sccc1C(=O)N1CCN(c2ccc(C(F)(F)F)cn2)CC1. The maximum absolute atomic E-state index is 13.2. The van der Waals surface area contributed by atoms with E-state index in [0.29, 0.717) is 37.6 Å². The molecule has 0 spiro atoms. The number of rotatable bonds is 3. The highest BCUT2D eigenvalue weighted by molar-refractivity contribution is 7.13. The van der Waals surface area contributed by atoms with Crippen LogP contribution in [-0.2, 0) is 6.18 Å². The van der Waals surface area contributed by atoms with Crippen molar-refractivity contribution in [2.45, 2.75) is 20.0 Å². The van der Waals surface area contributed by atoms with Crippen molar-refractivity contribution in [2.75, 3.05) is 31.1 Å². The van der Waals surface area contributed by atoms with Crippen LogP contribution in [-0.4, -0.2) is 46.5 Å². The number of alkyl halides is 3. The van der Waals surface area contributed by atoms with Crippen LogP contribution in [0.25, 0.3) is 5.00 Å². The monoisotopic (exact) mass is 434 g/mol. The third-order valence-corrected chi connectivity index (χ3v) is 6.21. The first-order chi connectivity index (χ1) is 14.3. The Morgan fingerprint density at radius 3 is 2.23 bits per heavy atom. The number of carbonyl (C=O) groups is 1. The quantitative estimate of drug-likeness (QED) is 0.608. The van der Waals surface area contributed by atoms with Gasteiger partial charge in [0.15, 0.2) is 0 Å². The fourth-order valence-corrected chi connectivity index (χ4v) is 4.68. The lowest BCUT2D eigenvalue weighted by molar-refractivity contribution is -0.137. The molecule has 1 aliphatic heterocycles. The van der Waals surface area contributed by atoms with E-state index in [4.69, 9.17) is 0 Å². The van der Waals surface area contributed by atoms with E-state index in [9.17, 15) is 18.0 Å². The molecule has 0 radical (unpaired) electrons. The molecule has 30 heavy (non-hydrogen) atoms. The molecular weight excluding hydrogens is 413 g/mol. The summed E-state index contributed by atoms with van der Waals surface area (Å²) in [7, 11) is 0. The summed E-state index contributed by atoms with van der Waals surface area (Å²) < 4.78 is 40.3. The third-order valence-electron chi connectivity index (χ3n) is 5.32. The molecule has 0 saturated carbocycles. The summed E-state index contributed by atoms with van der Waals surface area (Å²) >= 11 is 1.53. The Bertz CT molecular complexity index is 1030. The molecule has 5 nitrogen and oxygen atoms in total. The number of halogens is 3. The predicted octanol–water partition coefficient (Wildman–Crippen LogP) is 4.53. The van der Waals surface area contributed by atoms with E-state index < -0.39 is 11.7 Å². The van der Waals surface area contributed by atoms with Crippen molar-refractivity contribution < 1.29 is 18.0 Å². The van der Waals surface area contributed by atoms with Gasteiger partial charge in [0.1, 0.15) is 10.8 Å². The average molecular weight is 434 g/mol. The van der Waals surface area contributed by atoms with Crippen molar-refractivity contribution in [2.24, 2.45) is 0 Å². The summed E-state index contributed by atoms with van der Waals surface area (Å²) in [5.74, 6) is 0.462. The molecule has 9 heteroatoms. The van der Waals surface area contributed by atoms with Gasteiger partial charge < -0.3 is 14.4 Å². The molecule has 1 fully saturated rings. The van der Waals surface area contributed by atoms with Crippen molar-refractivity contribution in [1.82, 2.24) is 14.5 Å². The molecule has 3 aromatic heterocycles. The smallest absolute Gasteiger partial charge is 0.353 e. The Labute approximate surface area is 176 Å². The van der Waals surface area contributed by atoms with Gasteiger partial charge in [-0.2, -0.15) is 13.2 Å². The molecule has 1 saturated heterocycles. The van der Waals surface area contributed by atoms with Crippen LogP contribution in [0.1, 0.15) is 27.3 Å². The Morgan fingerprint density at radius 1 is 1.00 bits per heavy atom. The maximum Gasteiger partial charge on any atom is 0.417 e. The number of thiophene rings is 1. The Balaban J connectivity index is 1.45. The zero-order valence-electron chi connectivity index (χ0n) is 16.6. The summed E-state index contributed by atoms with van der Waals surface area (Å²) in [4.78, 5) is 20.8. The second kappa shape index (κ2) is 7.79. The molecular formula is C21H21F3N4OS. The number of hydrogen-bond acceptors (Lipinski definition) is 4. The van der Waals surface area contributed by atoms with Crippen LogP contribution in [0.4, 0.5) is 19.0 Å². The van der Waals surface area contributed by atoms with Gasteiger partial charge in [0.25, 0.3) is 5.91 Å². The van der Waals surface area contributed by atoms with Crippen molar-refractivity contribution in [3.8, 4) is 5.00 Å². The molecule has 1 aliphatic rings. The van der Waals surface area contributed by atoms with Crippen LogP contribution < -0.4 is 4.90 Å². The highest BCUT2D eigenvalue weighted by Crippen LogP contribution is 2.30. The van der Waals surface area contributed by atoms with Gasteiger partial charge in [0.05, 0.1) is 11.1 Å².